The highest BCUT2D eigenvalue weighted by molar-refractivity contribution is 6.30. The van der Waals surface area contributed by atoms with Crippen molar-refractivity contribution in [3.05, 3.63) is 70.9 Å². The van der Waals surface area contributed by atoms with Crippen molar-refractivity contribution in [1.29, 1.82) is 0 Å². The molecule has 0 saturated carbocycles. The van der Waals surface area contributed by atoms with Crippen LogP contribution in [0, 0.1) is 0 Å². The zero-order valence-electron chi connectivity index (χ0n) is 13.0. The Hall–Kier alpha value is -2.72. The van der Waals surface area contributed by atoms with Gasteiger partial charge in [-0.2, -0.15) is 0 Å². The first-order valence-corrected chi connectivity index (χ1v) is 8.01. The number of furan rings is 1. The van der Waals surface area contributed by atoms with Gasteiger partial charge in [0.15, 0.2) is 5.58 Å². The van der Waals surface area contributed by atoms with Crippen LogP contribution in [0.25, 0.3) is 22.1 Å². The number of benzene rings is 2. The summed E-state index contributed by atoms with van der Waals surface area (Å²) in [5, 5.41) is 4.62. The summed E-state index contributed by atoms with van der Waals surface area (Å²) < 4.78 is 7.70. The number of carbonyl (C=O) groups is 1. The molecule has 0 radical (unpaired) electrons. The molecular weight excluding hydrogens is 324 g/mol. The van der Waals surface area contributed by atoms with E-state index in [9.17, 15) is 4.79 Å². The van der Waals surface area contributed by atoms with Crippen LogP contribution in [0.5, 0.6) is 0 Å². The molecule has 2 aromatic carbocycles. The first-order valence-electron chi connectivity index (χ1n) is 7.63. The molecule has 0 aliphatic carbocycles. The maximum absolute atomic E-state index is 12.5. The Labute approximate surface area is 143 Å². The van der Waals surface area contributed by atoms with Crippen molar-refractivity contribution in [2.75, 3.05) is 0 Å². The summed E-state index contributed by atoms with van der Waals surface area (Å²) in [5.74, 6) is -0.136. The van der Waals surface area contributed by atoms with Gasteiger partial charge in [-0.05, 0) is 29.8 Å². The predicted octanol–water partition coefficient (Wildman–Crippen LogP) is 4.51. The molecule has 0 aliphatic heterocycles. The normalized spacial score (nSPS) is 11.2. The van der Waals surface area contributed by atoms with E-state index in [0.717, 1.165) is 27.6 Å². The number of hydrogen-bond donors (Lipinski definition) is 1. The SMILES string of the molecule is Cn1c(C(=O)NCc2ccc(Cl)cc2)cc2oc3ccccc3c21. The van der Waals surface area contributed by atoms with Crippen molar-refractivity contribution in [3.8, 4) is 0 Å². The first kappa shape index (κ1) is 14.8. The number of rotatable bonds is 3. The zero-order chi connectivity index (χ0) is 16.7. The first-order chi connectivity index (χ1) is 11.6. The molecule has 24 heavy (non-hydrogen) atoms. The minimum absolute atomic E-state index is 0.136. The van der Waals surface area contributed by atoms with E-state index in [1.165, 1.54) is 0 Å². The molecule has 120 valence electrons. The van der Waals surface area contributed by atoms with Gasteiger partial charge in [0, 0.05) is 30.1 Å². The van der Waals surface area contributed by atoms with Gasteiger partial charge in [0.25, 0.3) is 5.91 Å². The molecule has 4 nitrogen and oxygen atoms in total. The lowest BCUT2D eigenvalue weighted by molar-refractivity contribution is 0.0943. The Morgan fingerprint density at radius 3 is 2.67 bits per heavy atom. The van der Waals surface area contributed by atoms with Crippen molar-refractivity contribution in [2.24, 2.45) is 7.05 Å². The van der Waals surface area contributed by atoms with Crippen molar-refractivity contribution in [2.45, 2.75) is 6.54 Å². The number of fused-ring (bicyclic) bond motifs is 3. The molecule has 4 aromatic rings. The molecule has 0 saturated heterocycles. The Morgan fingerprint density at radius 1 is 1.12 bits per heavy atom. The second-order valence-corrected chi connectivity index (χ2v) is 6.15. The number of nitrogens with zero attached hydrogens (tertiary/aromatic N) is 1. The minimum atomic E-state index is -0.136. The standard InChI is InChI=1S/C19H15ClN2O2/c1-22-15(19(23)21-11-12-6-8-13(20)9-7-12)10-17-18(22)14-4-2-3-5-16(14)24-17/h2-10H,11H2,1H3,(H,21,23). The summed E-state index contributed by atoms with van der Waals surface area (Å²) in [7, 11) is 1.88. The smallest absolute Gasteiger partial charge is 0.268 e. The fourth-order valence-corrected chi connectivity index (χ4v) is 3.06. The maximum Gasteiger partial charge on any atom is 0.268 e. The monoisotopic (exact) mass is 338 g/mol. The summed E-state index contributed by atoms with van der Waals surface area (Å²) in [6, 6.07) is 17.0. The molecule has 0 bridgehead atoms. The average Bonchev–Trinajstić information content (AvgIpc) is 3.11. The van der Waals surface area contributed by atoms with Gasteiger partial charge in [-0.25, -0.2) is 0 Å². The summed E-state index contributed by atoms with van der Waals surface area (Å²) in [6.07, 6.45) is 0. The summed E-state index contributed by atoms with van der Waals surface area (Å²) >= 11 is 5.87. The van der Waals surface area contributed by atoms with Gasteiger partial charge in [0.2, 0.25) is 0 Å². The number of nitrogens with one attached hydrogen (secondary N) is 1. The van der Waals surface area contributed by atoms with Gasteiger partial charge in [-0.1, -0.05) is 35.9 Å². The Kier molecular flexibility index (Phi) is 3.54. The summed E-state index contributed by atoms with van der Waals surface area (Å²) in [5.41, 5.74) is 4.04. The van der Waals surface area contributed by atoms with E-state index in [1.807, 2.05) is 60.1 Å². The van der Waals surface area contributed by atoms with Crippen molar-refractivity contribution in [3.63, 3.8) is 0 Å². The molecule has 4 rings (SSSR count). The van der Waals surface area contributed by atoms with Gasteiger partial charge in [-0.15, -0.1) is 0 Å². The van der Waals surface area contributed by atoms with Crippen LogP contribution in [-0.2, 0) is 13.6 Å². The van der Waals surface area contributed by atoms with Gasteiger partial charge in [0.05, 0.1) is 5.52 Å². The number of aromatic nitrogens is 1. The molecule has 1 amide bonds. The van der Waals surface area contributed by atoms with E-state index in [1.54, 1.807) is 6.07 Å². The van der Waals surface area contributed by atoms with Gasteiger partial charge >= 0.3 is 0 Å². The van der Waals surface area contributed by atoms with Crippen LogP contribution in [0.15, 0.2) is 59.0 Å². The number of carbonyl (C=O) groups excluding carboxylic acids is 1. The van der Waals surface area contributed by atoms with Crippen LogP contribution >= 0.6 is 11.6 Å². The Bertz CT molecular complexity index is 1040. The topological polar surface area (TPSA) is 47.2 Å². The largest absolute Gasteiger partial charge is 0.454 e. The minimum Gasteiger partial charge on any atom is -0.454 e. The fourth-order valence-electron chi connectivity index (χ4n) is 2.93. The Morgan fingerprint density at radius 2 is 1.88 bits per heavy atom. The van der Waals surface area contributed by atoms with Gasteiger partial charge in [-0.3, -0.25) is 4.79 Å². The highest BCUT2D eigenvalue weighted by Gasteiger charge is 2.18. The predicted molar refractivity (Wildman–Crippen MR) is 95.3 cm³/mol. The second kappa shape index (κ2) is 5.73. The number of hydrogen-bond acceptors (Lipinski definition) is 2. The third-order valence-corrected chi connectivity index (χ3v) is 4.41. The third kappa shape index (κ3) is 2.45. The number of halogens is 1. The van der Waals surface area contributed by atoms with E-state index in [-0.39, 0.29) is 5.91 Å². The van der Waals surface area contributed by atoms with Crippen LogP contribution in [0.2, 0.25) is 5.02 Å². The van der Waals surface area contributed by atoms with Crippen LogP contribution in [-0.4, -0.2) is 10.5 Å². The van der Waals surface area contributed by atoms with E-state index in [0.29, 0.717) is 17.3 Å². The molecule has 2 heterocycles. The van der Waals surface area contributed by atoms with Crippen LogP contribution in [0.4, 0.5) is 0 Å². The van der Waals surface area contributed by atoms with E-state index in [4.69, 9.17) is 16.0 Å². The summed E-state index contributed by atoms with van der Waals surface area (Å²) in [6.45, 7) is 0.448. The lowest BCUT2D eigenvalue weighted by atomic mass is 10.2. The number of para-hydroxylation sites is 1. The van der Waals surface area contributed by atoms with Gasteiger partial charge in [0.1, 0.15) is 11.3 Å². The highest BCUT2D eigenvalue weighted by atomic mass is 35.5. The van der Waals surface area contributed by atoms with Crippen LogP contribution in [0.1, 0.15) is 16.1 Å². The summed E-state index contributed by atoms with van der Waals surface area (Å²) in [4.78, 5) is 12.5. The molecule has 5 heteroatoms. The highest BCUT2D eigenvalue weighted by Crippen LogP contribution is 2.30. The molecular formula is C19H15ClN2O2. The Balaban J connectivity index is 1.62. The molecule has 0 spiro atoms. The maximum atomic E-state index is 12.5. The third-order valence-electron chi connectivity index (χ3n) is 4.16. The van der Waals surface area contributed by atoms with E-state index < -0.39 is 0 Å². The zero-order valence-corrected chi connectivity index (χ0v) is 13.8. The molecule has 0 atom stereocenters. The van der Waals surface area contributed by atoms with E-state index in [2.05, 4.69) is 5.32 Å². The number of aryl methyl sites for hydroxylation is 1. The van der Waals surface area contributed by atoms with Crippen molar-refractivity contribution < 1.29 is 9.21 Å². The second-order valence-electron chi connectivity index (χ2n) is 5.71. The van der Waals surface area contributed by atoms with Crippen molar-refractivity contribution in [1.82, 2.24) is 9.88 Å². The molecule has 2 aromatic heterocycles. The lowest BCUT2D eigenvalue weighted by Gasteiger charge is -2.07. The fraction of sp³-hybridized carbons (Fsp3) is 0.105. The van der Waals surface area contributed by atoms with Crippen LogP contribution < -0.4 is 5.32 Å². The number of amides is 1. The quantitative estimate of drug-likeness (QED) is 0.597. The van der Waals surface area contributed by atoms with Gasteiger partial charge < -0.3 is 14.3 Å². The molecule has 0 fully saturated rings. The molecule has 0 aliphatic rings. The molecule has 0 unspecified atom stereocenters. The van der Waals surface area contributed by atoms with E-state index >= 15 is 0 Å². The molecule has 1 N–H and O–H groups in total. The lowest BCUT2D eigenvalue weighted by Crippen LogP contribution is -2.24. The van der Waals surface area contributed by atoms with Crippen LogP contribution in [0.3, 0.4) is 0 Å². The average molecular weight is 339 g/mol. The van der Waals surface area contributed by atoms with Crippen molar-refractivity contribution >= 4 is 39.6 Å².